The Kier molecular flexibility index (Phi) is 5.22. The van der Waals surface area contributed by atoms with Gasteiger partial charge in [0, 0.05) is 23.3 Å². The van der Waals surface area contributed by atoms with Crippen molar-refractivity contribution in [1.29, 1.82) is 0 Å². The van der Waals surface area contributed by atoms with Gasteiger partial charge in [-0.1, -0.05) is 23.9 Å². The highest BCUT2D eigenvalue weighted by Crippen LogP contribution is 2.26. The molecule has 0 atom stereocenters. The lowest BCUT2D eigenvalue weighted by Gasteiger charge is -2.03. The predicted octanol–water partition coefficient (Wildman–Crippen LogP) is 3.95. The number of benzene rings is 1. The average molecular weight is 356 g/mol. The van der Waals surface area contributed by atoms with E-state index in [-0.39, 0.29) is 11.7 Å². The summed E-state index contributed by atoms with van der Waals surface area (Å²) < 4.78 is 0. The van der Waals surface area contributed by atoms with Gasteiger partial charge in [-0.3, -0.25) is 4.79 Å². The van der Waals surface area contributed by atoms with Gasteiger partial charge in [-0.05, 0) is 37.1 Å². The Hall–Kier alpha value is -2.25. The third-order valence-corrected chi connectivity index (χ3v) is 5.06. The van der Waals surface area contributed by atoms with Crippen LogP contribution in [0.2, 0.25) is 0 Å². The summed E-state index contributed by atoms with van der Waals surface area (Å²) >= 11 is 2.72. The van der Waals surface area contributed by atoms with Crippen LogP contribution in [0.3, 0.4) is 0 Å². The van der Waals surface area contributed by atoms with E-state index in [1.54, 1.807) is 18.5 Å². The van der Waals surface area contributed by atoms with Gasteiger partial charge in [0.2, 0.25) is 5.91 Å². The fourth-order valence-electron chi connectivity index (χ4n) is 2.01. The molecule has 0 saturated heterocycles. The van der Waals surface area contributed by atoms with E-state index in [0.29, 0.717) is 10.3 Å². The smallest absolute Gasteiger partial charge is 0.236 e. The van der Waals surface area contributed by atoms with Crippen LogP contribution in [0, 0.1) is 13.8 Å². The Labute approximate surface area is 148 Å². The number of rotatable bonds is 5. The number of anilines is 1. The molecule has 0 saturated carbocycles. The van der Waals surface area contributed by atoms with Crippen LogP contribution in [0.5, 0.6) is 0 Å². The first-order valence-electron chi connectivity index (χ1n) is 7.34. The first-order valence-corrected chi connectivity index (χ1v) is 9.21. The Morgan fingerprint density at radius 1 is 1.21 bits per heavy atom. The van der Waals surface area contributed by atoms with Crippen LogP contribution >= 0.6 is 23.1 Å². The van der Waals surface area contributed by atoms with Crippen LogP contribution in [0.4, 0.5) is 5.13 Å². The van der Waals surface area contributed by atoms with Crippen molar-refractivity contribution in [1.82, 2.24) is 15.0 Å². The second kappa shape index (κ2) is 7.55. The number of thiazole rings is 1. The van der Waals surface area contributed by atoms with Crippen LogP contribution in [0.25, 0.3) is 11.3 Å². The number of nitrogens with zero attached hydrogens (tertiary/aromatic N) is 3. The lowest BCUT2D eigenvalue weighted by atomic mass is 10.1. The monoisotopic (exact) mass is 356 g/mol. The lowest BCUT2D eigenvalue weighted by Crippen LogP contribution is -2.14. The third kappa shape index (κ3) is 4.18. The van der Waals surface area contributed by atoms with Gasteiger partial charge < -0.3 is 5.32 Å². The Morgan fingerprint density at radius 2 is 2.00 bits per heavy atom. The number of nitrogens with one attached hydrogen (secondary N) is 1. The summed E-state index contributed by atoms with van der Waals surface area (Å²) in [4.78, 5) is 24.7. The van der Waals surface area contributed by atoms with Crippen LogP contribution in [0.1, 0.15) is 11.1 Å². The average Bonchev–Trinajstić information content (AvgIpc) is 3.05. The molecule has 1 aromatic carbocycles. The first kappa shape index (κ1) is 16.6. The largest absolute Gasteiger partial charge is 0.301 e. The van der Waals surface area contributed by atoms with Crippen molar-refractivity contribution in [2.45, 2.75) is 19.0 Å². The van der Waals surface area contributed by atoms with Gasteiger partial charge in [0.25, 0.3) is 0 Å². The van der Waals surface area contributed by atoms with Crippen molar-refractivity contribution in [3.05, 3.63) is 53.2 Å². The highest BCUT2D eigenvalue weighted by atomic mass is 32.2. The van der Waals surface area contributed by atoms with E-state index < -0.39 is 0 Å². The molecule has 24 heavy (non-hydrogen) atoms. The van der Waals surface area contributed by atoms with E-state index in [1.165, 1.54) is 34.2 Å². The zero-order valence-electron chi connectivity index (χ0n) is 13.3. The highest BCUT2D eigenvalue weighted by molar-refractivity contribution is 7.99. The molecule has 0 bridgehead atoms. The molecule has 7 heteroatoms. The molecule has 2 aromatic heterocycles. The summed E-state index contributed by atoms with van der Waals surface area (Å²) in [6.45, 7) is 4.16. The Morgan fingerprint density at radius 3 is 2.75 bits per heavy atom. The fraction of sp³-hybridized carbons (Fsp3) is 0.176. The molecular weight excluding hydrogens is 340 g/mol. The number of aryl methyl sites for hydroxylation is 2. The summed E-state index contributed by atoms with van der Waals surface area (Å²) in [5, 5.41) is 5.96. The standard InChI is InChI=1S/C17H16N4OS2/c1-11-4-5-13(8-12(11)2)14-9-23-17(20-14)21-15(22)10-24-16-18-6-3-7-19-16/h3-9H,10H2,1-2H3,(H,20,21,22). The summed E-state index contributed by atoms with van der Waals surface area (Å²) in [6, 6.07) is 7.98. The topological polar surface area (TPSA) is 67.8 Å². The van der Waals surface area contributed by atoms with E-state index in [1.807, 2.05) is 11.4 Å². The van der Waals surface area contributed by atoms with Gasteiger partial charge in [0.15, 0.2) is 10.3 Å². The first-order chi connectivity index (χ1) is 11.6. The van der Waals surface area contributed by atoms with Crippen molar-refractivity contribution in [3.8, 4) is 11.3 Å². The maximum atomic E-state index is 12.0. The highest BCUT2D eigenvalue weighted by Gasteiger charge is 2.10. The molecule has 1 N–H and O–H groups in total. The van der Waals surface area contributed by atoms with Gasteiger partial charge in [-0.15, -0.1) is 11.3 Å². The molecule has 0 spiro atoms. The van der Waals surface area contributed by atoms with Crippen LogP contribution in [-0.2, 0) is 4.79 Å². The molecule has 2 heterocycles. The predicted molar refractivity (Wildman–Crippen MR) is 98.4 cm³/mol. The molecular formula is C17H16N4OS2. The molecule has 3 rings (SSSR count). The minimum atomic E-state index is -0.117. The molecule has 122 valence electrons. The van der Waals surface area contributed by atoms with Gasteiger partial charge in [0.05, 0.1) is 11.4 Å². The van der Waals surface area contributed by atoms with E-state index >= 15 is 0 Å². The fourth-order valence-corrected chi connectivity index (χ4v) is 3.35. The normalized spacial score (nSPS) is 10.6. The van der Waals surface area contributed by atoms with Crippen molar-refractivity contribution in [2.24, 2.45) is 0 Å². The zero-order chi connectivity index (χ0) is 16.9. The SMILES string of the molecule is Cc1ccc(-c2csc(NC(=O)CSc3ncccn3)n2)cc1C. The second-order valence-corrected chi connectivity index (χ2v) is 7.01. The molecule has 0 radical (unpaired) electrons. The molecule has 0 aliphatic heterocycles. The second-order valence-electron chi connectivity index (χ2n) is 5.21. The summed E-state index contributed by atoms with van der Waals surface area (Å²) in [5.41, 5.74) is 4.41. The van der Waals surface area contributed by atoms with E-state index in [0.717, 1.165) is 11.3 Å². The molecule has 5 nitrogen and oxygen atoms in total. The van der Waals surface area contributed by atoms with E-state index in [4.69, 9.17) is 0 Å². The number of carbonyl (C=O) groups excluding carboxylic acids is 1. The maximum Gasteiger partial charge on any atom is 0.236 e. The van der Waals surface area contributed by atoms with Gasteiger partial charge in [-0.2, -0.15) is 0 Å². The number of carbonyl (C=O) groups is 1. The lowest BCUT2D eigenvalue weighted by molar-refractivity contribution is -0.113. The number of aromatic nitrogens is 3. The molecule has 3 aromatic rings. The van der Waals surface area contributed by atoms with E-state index in [9.17, 15) is 4.79 Å². The summed E-state index contributed by atoms with van der Waals surface area (Å²) in [5.74, 6) is 0.135. The van der Waals surface area contributed by atoms with Crippen LogP contribution < -0.4 is 5.32 Å². The molecule has 0 fully saturated rings. The van der Waals surface area contributed by atoms with Gasteiger partial charge >= 0.3 is 0 Å². The number of amides is 1. The Bertz CT molecular complexity index is 849. The quantitative estimate of drug-likeness (QED) is 0.554. The molecule has 0 aliphatic carbocycles. The zero-order valence-corrected chi connectivity index (χ0v) is 14.9. The number of hydrogen-bond donors (Lipinski definition) is 1. The minimum absolute atomic E-state index is 0.117. The number of hydrogen-bond acceptors (Lipinski definition) is 6. The number of thioether (sulfide) groups is 1. The molecule has 0 aliphatic rings. The van der Waals surface area contributed by atoms with Crippen LogP contribution in [-0.4, -0.2) is 26.6 Å². The van der Waals surface area contributed by atoms with Gasteiger partial charge in [0.1, 0.15) is 0 Å². The van der Waals surface area contributed by atoms with Crippen molar-refractivity contribution in [2.75, 3.05) is 11.1 Å². The van der Waals surface area contributed by atoms with Crippen molar-refractivity contribution < 1.29 is 4.79 Å². The van der Waals surface area contributed by atoms with Gasteiger partial charge in [-0.25, -0.2) is 15.0 Å². The summed E-state index contributed by atoms with van der Waals surface area (Å²) in [7, 11) is 0. The van der Waals surface area contributed by atoms with E-state index in [2.05, 4.69) is 46.2 Å². The van der Waals surface area contributed by atoms with Crippen molar-refractivity contribution in [3.63, 3.8) is 0 Å². The van der Waals surface area contributed by atoms with Crippen LogP contribution in [0.15, 0.2) is 47.2 Å². The van der Waals surface area contributed by atoms with Crippen molar-refractivity contribution >= 4 is 34.1 Å². The third-order valence-electron chi connectivity index (χ3n) is 3.43. The summed E-state index contributed by atoms with van der Waals surface area (Å²) in [6.07, 6.45) is 3.31. The molecule has 1 amide bonds. The molecule has 0 unspecified atom stereocenters. The maximum absolute atomic E-state index is 12.0. The Balaban J connectivity index is 1.61. The minimum Gasteiger partial charge on any atom is -0.301 e.